The van der Waals surface area contributed by atoms with Crippen molar-refractivity contribution in [1.82, 2.24) is 9.80 Å². The smallest absolute Gasteiger partial charge is 0.119 e. The van der Waals surface area contributed by atoms with Gasteiger partial charge in [0, 0.05) is 32.7 Å². The van der Waals surface area contributed by atoms with Crippen molar-refractivity contribution in [2.75, 3.05) is 46.4 Å². The molecule has 1 unspecified atom stereocenters. The van der Waals surface area contributed by atoms with Gasteiger partial charge in [0.15, 0.2) is 0 Å². The molecule has 1 saturated heterocycles. The van der Waals surface area contributed by atoms with Gasteiger partial charge in [0.2, 0.25) is 0 Å². The number of benzene rings is 1. The molecule has 1 atom stereocenters. The van der Waals surface area contributed by atoms with Gasteiger partial charge in [-0.3, -0.25) is 4.90 Å². The number of aliphatic hydroxyl groups excluding tert-OH is 1. The van der Waals surface area contributed by atoms with E-state index in [4.69, 9.17) is 4.74 Å². The Kier molecular flexibility index (Phi) is 5.83. The molecule has 0 aliphatic carbocycles. The number of β-amino-alcohol motifs (C(OH)–C–C–N with tert-alkyl or cyclic N) is 1. The van der Waals surface area contributed by atoms with Crippen molar-refractivity contribution >= 4 is 0 Å². The zero-order valence-corrected chi connectivity index (χ0v) is 12.6. The van der Waals surface area contributed by atoms with Crippen molar-refractivity contribution in [3.8, 4) is 5.75 Å². The minimum absolute atomic E-state index is 0.418. The summed E-state index contributed by atoms with van der Waals surface area (Å²) in [5.41, 5.74) is 0.966. The van der Waals surface area contributed by atoms with Crippen LogP contribution in [-0.4, -0.2) is 61.3 Å². The molecular formula is C16H26N2O2. The molecule has 1 heterocycles. The first-order valence-corrected chi connectivity index (χ1v) is 7.50. The van der Waals surface area contributed by atoms with Crippen LogP contribution in [0, 0.1) is 0 Å². The Morgan fingerprint density at radius 2 is 1.80 bits per heavy atom. The van der Waals surface area contributed by atoms with Gasteiger partial charge in [-0.05, 0) is 31.2 Å². The summed E-state index contributed by atoms with van der Waals surface area (Å²) in [6, 6.07) is 7.81. The van der Waals surface area contributed by atoms with Crippen LogP contribution in [0.25, 0.3) is 0 Å². The minimum atomic E-state index is -0.418. The first kappa shape index (κ1) is 15.3. The highest BCUT2D eigenvalue weighted by Crippen LogP contribution is 2.19. The molecule has 0 aromatic heterocycles. The predicted octanol–water partition coefficient (Wildman–Crippen LogP) is 1.76. The van der Waals surface area contributed by atoms with Crippen LogP contribution in [-0.2, 0) is 0 Å². The topological polar surface area (TPSA) is 35.9 Å². The summed E-state index contributed by atoms with van der Waals surface area (Å²) in [5, 5.41) is 10.3. The van der Waals surface area contributed by atoms with Gasteiger partial charge in [-0.25, -0.2) is 0 Å². The molecule has 0 saturated carbocycles. The fraction of sp³-hybridized carbons (Fsp3) is 0.625. The molecule has 0 radical (unpaired) electrons. The zero-order chi connectivity index (χ0) is 14.4. The average Bonchev–Trinajstić information content (AvgIpc) is 2.48. The van der Waals surface area contributed by atoms with Crippen molar-refractivity contribution in [1.29, 1.82) is 0 Å². The summed E-state index contributed by atoms with van der Waals surface area (Å²) in [6.45, 7) is 7.77. The van der Waals surface area contributed by atoms with Crippen LogP contribution in [0.3, 0.4) is 0 Å². The molecule has 20 heavy (non-hydrogen) atoms. The monoisotopic (exact) mass is 278 g/mol. The Labute approximate surface area is 122 Å². The highest BCUT2D eigenvalue weighted by Gasteiger charge is 2.17. The second-order valence-corrected chi connectivity index (χ2v) is 5.54. The van der Waals surface area contributed by atoms with Crippen molar-refractivity contribution < 1.29 is 9.84 Å². The van der Waals surface area contributed by atoms with Gasteiger partial charge in [-0.2, -0.15) is 0 Å². The van der Waals surface area contributed by atoms with E-state index >= 15 is 0 Å². The maximum absolute atomic E-state index is 10.3. The predicted molar refractivity (Wildman–Crippen MR) is 81.1 cm³/mol. The highest BCUT2D eigenvalue weighted by atomic mass is 16.5. The van der Waals surface area contributed by atoms with E-state index in [0.717, 1.165) is 50.5 Å². The lowest BCUT2D eigenvalue weighted by atomic mass is 10.1. The van der Waals surface area contributed by atoms with E-state index < -0.39 is 6.10 Å². The number of piperazine rings is 1. The summed E-state index contributed by atoms with van der Waals surface area (Å²) in [4.78, 5) is 4.65. The van der Waals surface area contributed by atoms with Gasteiger partial charge in [0.25, 0.3) is 0 Å². The quantitative estimate of drug-likeness (QED) is 0.860. The van der Waals surface area contributed by atoms with Crippen LogP contribution < -0.4 is 4.74 Å². The van der Waals surface area contributed by atoms with Crippen LogP contribution >= 0.6 is 0 Å². The first-order valence-electron chi connectivity index (χ1n) is 7.50. The van der Waals surface area contributed by atoms with Crippen molar-refractivity contribution in [3.05, 3.63) is 29.8 Å². The van der Waals surface area contributed by atoms with Crippen LogP contribution in [0.4, 0.5) is 0 Å². The molecule has 1 N–H and O–H groups in total. The largest absolute Gasteiger partial charge is 0.494 e. The fourth-order valence-corrected chi connectivity index (χ4v) is 2.39. The van der Waals surface area contributed by atoms with Crippen LogP contribution in [0.1, 0.15) is 25.0 Å². The molecule has 112 valence electrons. The molecule has 1 aromatic rings. The molecule has 1 fully saturated rings. The summed E-state index contributed by atoms with van der Waals surface area (Å²) >= 11 is 0. The Morgan fingerprint density at radius 1 is 1.15 bits per heavy atom. The molecule has 1 aromatic carbocycles. The van der Waals surface area contributed by atoms with Crippen molar-refractivity contribution in [2.45, 2.75) is 19.4 Å². The molecule has 1 aliphatic rings. The summed E-state index contributed by atoms with van der Waals surface area (Å²) < 4.78 is 5.55. The Balaban J connectivity index is 1.84. The van der Waals surface area contributed by atoms with Gasteiger partial charge >= 0.3 is 0 Å². The maximum atomic E-state index is 10.3. The normalized spacial score (nSPS) is 18.9. The van der Waals surface area contributed by atoms with Crippen molar-refractivity contribution in [3.63, 3.8) is 0 Å². The summed E-state index contributed by atoms with van der Waals surface area (Å²) in [7, 11) is 2.14. The molecule has 0 amide bonds. The standard InChI is InChI=1S/C16H26N2O2/c1-3-12-20-15-6-4-14(5-7-15)16(19)13-18-10-8-17(2)9-11-18/h4-7,16,19H,3,8-13H2,1-2H3. The minimum Gasteiger partial charge on any atom is -0.494 e. The number of ether oxygens (including phenoxy) is 1. The van der Waals surface area contributed by atoms with E-state index in [2.05, 4.69) is 23.8 Å². The van der Waals surface area contributed by atoms with Crippen LogP contribution in [0.15, 0.2) is 24.3 Å². The molecule has 2 rings (SSSR count). The Bertz CT molecular complexity index is 386. The SMILES string of the molecule is CCCOc1ccc(C(O)CN2CCN(C)CC2)cc1. The Morgan fingerprint density at radius 3 is 2.40 bits per heavy atom. The summed E-state index contributed by atoms with van der Waals surface area (Å²) in [6.07, 6.45) is 0.590. The number of likely N-dealkylation sites (N-methyl/N-ethyl adjacent to an activating group) is 1. The second-order valence-electron chi connectivity index (χ2n) is 5.54. The van der Waals surface area contributed by atoms with Gasteiger partial charge in [-0.15, -0.1) is 0 Å². The molecular weight excluding hydrogens is 252 g/mol. The highest BCUT2D eigenvalue weighted by molar-refractivity contribution is 5.28. The number of rotatable bonds is 6. The molecule has 1 aliphatic heterocycles. The zero-order valence-electron chi connectivity index (χ0n) is 12.6. The number of nitrogens with zero attached hydrogens (tertiary/aromatic N) is 2. The third-order valence-corrected chi connectivity index (χ3v) is 3.76. The van der Waals surface area contributed by atoms with E-state index in [1.807, 2.05) is 24.3 Å². The lowest BCUT2D eigenvalue weighted by molar-refractivity contribution is 0.0805. The first-order chi connectivity index (χ1) is 9.69. The molecule has 0 spiro atoms. The molecule has 4 heteroatoms. The number of aliphatic hydroxyl groups is 1. The average molecular weight is 278 g/mol. The third-order valence-electron chi connectivity index (χ3n) is 3.76. The molecule has 4 nitrogen and oxygen atoms in total. The second kappa shape index (κ2) is 7.62. The van der Waals surface area contributed by atoms with Gasteiger partial charge < -0.3 is 14.7 Å². The van der Waals surface area contributed by atoms with Crippen LogP contribution in [0.2, 0.25) is 0 Å². The fourth-order valence-electron chi connectivity index (χ4n) is 2.39. The van der Waals surface area contributed by atoms with E-state index in [1.165, 1.54) is 0 Å². The van der Waals surface area contributed by atoms with E-state index in [0.29, 0.717) is 6.54 Å². The van der Waals surface area contributed by atoms with Crippen LogP contribution in [0.5, 0.6) is 5.75 Å². The van der Waals surface area contributed by atoms with Gasteiger partial charge in [-0.1, -0.05) is 19.1 Å². The van der Waals surface area contributed by atoms with Crippen molar-refractivity contribution in [2.24, 2.45) is 0 Å². The summed E-state index contributed by atoms with van der Waals surface area (Å²) in [5.74, 6) is 0.877. The van der Waals surface area contributed by atoms with E-state index in [9.17, 15) is 5.11 Å². The molecule has 0 bridgehead atoms. The van der Waals surface area contributed by atoms with Gasteiger partial charge in [0.1, 0.15) is 5.75 Å². The van der Waals surface area contributed by atoms with E-state index in [-0.39, 0.29) is 0 Å². The maximum Gasteiger partial charge on any atom is 0.119 e. The number of hydrogen-bond donors (Lipinski definition) is 1. The lowest BCUT2D eigenvalue weighted by Crippen LogP contribution is -2.45. The Hall–Kier alpha value is -1.10. The van der Waals surface area contributed by atoms with E-state index in [1.54, 1.807) is 0 Å². The van der Waals surface area contributed by atoms with Gasteiger partial charge in [0.05, 0.1) is 12.7 Å². The number of hydrogen-bond acceptors (Lipinski definition) is 4. The third kappa shape index (κ3) is 4.47. The lowest BCUT2D eigenvalue weighted by Gasteiger charge is -2.33.